The molecule has 0 saturated heterocycles. The number of hydrogen-bond donors (Lipinski definition) is 1. The van der Waals surface area contributed by atoms with E-state index in [1.165, 1.54) is 5.56 Å². The summed E-state index contributed by atoms with van der Waals surface area (Å²) in [6.45, 7) is 2.98. The van der Waals surface area contributed by atoms with Crippen LogP contribution in [0.4, 0.5) is 5.82 Å². The zero-order chi connectivity index (χ0) is 9.52. The normalized spacial score (nSPS) is 10.0. The van der Waals surface area contributed by atoms with E-state index < -0.39 is 0 Å². The molecule has 2 nitrogen and oxygen atoms in total. The van der Waals surface area contributed by atoms with Crippen molar-refractivity contribution in [2.45, 2.75) is 19.8 Å². The van der Waals surface area contributed by atoms with Gasteiger partial charge in [-0.25, -0.2) is 4.98 Å². The lowest BCUT2D eigenvalue weighted by molar-refractivity contribution is 0.836. The number of nitrogens with one attached hydrogen (secondary N) is 1. The second-order valence-corrected chi connectivity index (χ2v) is 3.42. The molecule has 0 amide bonds. The fourth-order valence-corrected chi connectivity index (χ4v) is 1.20. The highest BCUT2D eigenvalue weighted by Crippen LogP contribution is 2.03. The molecular weight excluding hydrogens is 184 g/mol. The summed E-state index contributed by atoms with van der Waals surface area (Å²) in [6, 6.07) is 4.05. The molecule has 0 unspecified atom stereocenters. The van der Waals surface area contributed by atoms with Gasteiger partial charge in [-0.05, 0) is 31.4 Å². The molecule has 0 bridgehead atoms. The van der Waals surface area contributed by atoms with E-state index in [0.717, 1.165) is 31.1 Å². The Morgan fingerprint density at radius 1 is 1.38 bits per heavy atom. The molecule has 0 spiro atoms. The Morgan fingerprint density at radius 3 is 2.85 bits per heavy atom. The van der Waals surface area contributed by atoms with Gasteiger partial charge in [0.05, 0.1) is 0 Å². The van der Waals surface area contributed by atoms with Gasteiger partial charge >= 0.3 is 0 Å². The predicted octanol–water partition coefficient (Wildman–Crippen LogP) is 2.82. The standard InChI is InChI=1S/C10H15ClN2/c1-9-4-5-10(13-8-9)12-7-3-2-6-11/h4-5,8H,2-3,6-7H2,1H3,(H,12,13). The van der Waals surface area contributed by atoms with Crippen LogP contribution in [-0.2, 0) is 0 Å². The van der Waals surface area contributed by atoms with Crippen molar-refractivity contribution in [3.63, 3.8) is 0 Å². The molecule has 0 aliphatic carbocycles. The highest BCUT2D eigenvalue weighted by molar-refractivity contribution is 6.17. The van der Waals surface area contributed by atoms with E-state index in [-0.39, 0.29) is 0 Å². The minimum absolute atomic E-state index is 0.739. The maximum atomic E-state index is 5.56. The highest BCUT2D eigenvalue weighted by atomic mass is 35.5. The predicted molar refractivity (Wildman–Crippen MR) is 57.4 cm³/mol. The van der Waals surface area contributed by atoms with E-state index in [2.05, 4.69) is 16.4 Å². The Balaban J connectivity index is 2.25. The summed E-state index contributed by atoms with van der Waals surface area (Å²) in [5, 5.41) is 3.24. The number of nitrogens with zero attached hydrogens (tertiary/aromatic N) is 1. The van der Waals surface area contributed by atoms with Crippen molar-refractivity contribution in [3.8, 4) is 0 Å². The van der Waals surface area contributed by atoms with Crippen molar-refractivity contribution >= 4 is 17.4 Å². The van der Waals surface area contributed by atoms with Crippen molar-refractivity contribution in [3.05, 3.63) is 23.9 Å². The highest BCUT2D eigenvalue weighted by Gasteiger charge is 1.91. The van der Waals surface area contributed by atoms with Gasteiger partial charge in [0.15, 0.2) is 0 Å². The van der Waals surface area contributed by atoms with Crippen molar-refractivity contribution in [1.82, 2.24) is 4.98 Å². The Hall–Kier alpha value is -0.760. The molecule has 1 aromatic heterocycles. The molecule has 72 valence electrons. The summed E-state index contributed by atoms with van der Waals surface area (Å²) in [6.07, 6.45) is 4.02. The molecule has 1 N–H and O–H groups in total. The van der Waals surface area contributed by atoms with Gasteiger partial charge in [-0.15, -0.1) is 11.6 Å². The number of aryl methyl sites for hydroxylation is 1. The summed E-state index contributed by atoms with van der Waals surface area (Å²) in [5.74, 6) is 1.68. The van der Waals surface area contributed by atoms with Gasteiger partial charge in [0.2, 0.25) is 0 Å². The van der Waals surface area contributed by atoms with Gasteiger partial charge in [0.1, 0.15) is 5.82 Å². The number of pyridine rings is 1. The number of unbranched alkanes of at least 4 members (excludes halogenated alkanes) is 1. The molecule has 0 fully saturated rings. The third-order valence-electron chi connectivity index (χ3n) is 1.78. The maximum Gasteiger partial charge on any atom is 0.125 e. The number of anilines is 1. The zero-order valence-corrected chi connectivity index (χ0v) is 8.64. The molecule has 1 rings (SSSR count). The lowest BCUT2D eigenvalue weighted by Gasteiger charge is -2.04. The average molecular weight is 199 g/mol. The fraction of sp³-hybridized carbons (Fsp3) is 0.500. The summed E-state index contributed by atoms with van der Waals surface area (Å²) in [5.41, 5.74) is 1.19. The lowest BCUT2D eigenvalue weighted by Crippen LogP contribution is -2.03. The molecule has 0 aliphatic heterocycles. The Kier molecular flexibility index (Phi) is 4.61. The van der Waals surface area contributed by atoms with Crippen LogP contribution in [-0.4, -0.2) is 17.4 Å². The Labute approximate surface area is 84.3 Å². The van der Waals surface area contributed by atoms with Crippen LogP contribution in [0, 0.1) is 6.92 Å². The third kappa shape index (κ3) is 4.13. The van der Waals surface area contributed by atoms with Crippen LogP contribution < -0.4 is 5.32 Å². The van der Waals surface area contributed by atoms with E-state index >= 15 is 0 Å². The van der Waals surface area contributed by atoms with Gasteiger partial charge in [0, 0.05) is 18.6 Å². The first-order valence-electron chi connectivity index (χ1n) is 4.55. The zero-order valence-electron chi connectivity index (χ0n) is 7.89. The van der Waals surface area contributed by atoms with Crippen molar-refractivity contribution in [1.29, 1.82) is 0 Å². The maximum absolute atomic E-state index is 5.56. The number of halogens is 1. The largest absolute Gasteiger partial charge is 0.370 e. The monoisotopic (exact) mass is 198 g/mol. The van der Waals surface area contributed by atoms with Crippen LogP contribution in [0.15, 0.2) is 18.3 Å². The summed E-state index contributed by atoms with van der Waals surface area (Å²) < 4.78 is 0. The molecule has 1 aromatic rings. The van der Waals surface area contributed by atoms with Gasteiger partial charge in [-0.3, -0.25) is 0 Å². The van der Waals surface area contributed by atoms with E-state index in [9.17, 15) is 0 Å². The minimum atomic E-state index is 0.739. The minimum Gasteiger partial charge on any atom is -0.370 e. The van der Waals surface area contributed by atoms with Gasteiger partial charge in [-0.2, -0.15) is 0 Å². The quantitative estimate of drug-likeness (QED) is 0.582. The van der Waals surface area contributed by atoms with Gasteiger partial charge in [0.25, 0.3) is 0 Å². The van der Waals surface area contributed by atoms with Crippen LogP contribution >= 0.6 is 11.6 Å². The van der Waals surface area contributed by atoms with E-state index in [1.807, 2.05) is 19.2 Å². The molecule has 3 heteroatoms. The second-order valence-electron chi connectivity index (χ2n) is 3.04. The SMILES string of the molecule is Cc1ccc(NCCCCCl)nc1. The molecule has 0 atom stereocenters. The van der Waals surface area contributed by atoms with Crippen molar-refractivity contribution < 1.29 is 0 Å². The van der Waals surface area contributed by atoms with Crippen molar-refractivity contribution in [2.75, 3.05) is 17.7 Å². The van der Waals surface area contributed by atoms with Crippen LogP contribution in [0.25, 0.3) is 0 Å². The number of hydrogen-bond acceptors (Lipinski definition) is 2. The molecule has 0 saturated carbocycles. The first-order chi connectivity index (χ1) is 6.33. The lowest BCUT2D eigenvalue weighted by atomic mass is 10.3. The smallest absolute Gasteiger partial charge is 0.125 e. The molecule has 0 aliphatic rings. The Morgan fingerprint density at radius 2 is 2.23 bits per heavy atom. The average Bonchev–Trinajstić information content (AvgIpc) is 2.15. The topological polar surface area (TPSA) is 24.9 Å². The van der Waals surface area contributed by atoms with Crippen molar-refractivity contribution in [2.24, 2.45) is 0 Å². The summed E-state index contributed by atoms with van der Waals surface area (Å²) >= 11 is 5.56. The summed E-state index contributed by atoms with van der Waals surface area (Å²) in [7, 11) is 0. The van der Waals surface area contributed by atoms with Crippen LogP contribution in [0.2, 0.25) is 0 Å². The Bertz CT molecular complexity index is 233. The second kappa shape index (κ2) is 5.81. The first-order valence-corrected chi connectivity index (χ1v) is 5.09. The van der Waals surface area contributed by atoms with E-state index in [0.29, 0.717) is 0 Å². The number of rotatable bonds is 5. The van der Waals surface area contributed by atoms with Gasteiger partial charge < -0.3 is 5.32 Å². The fourth-order valence-electron chi connectivity index (χ4n) is 1.01. The first kappa shape index (κ1) is 10.3. The number of alkyl halides is 1. The molecule has 1 heterocycles. The van der Waals surface area contributed by atoms with Crippen LogP contribution in [0.5, 0.6) is 0 Å². The molecule has 13 heavy (non-hydrogen) atoms. The third-order valence-corrected chi connectivity index (χ3v) is 2.05. The van der Waals surface area contributed by atoms with Crippen LogP contribution in [0.3, 0.4) is 0 Å². The number of aromatic nitrogens is 1. The molecular formula is C10H15ClN2. The molecule has 0 aromatic carbocycles. The molecule has 0 radical (unpaired) electrons. The van der Waals surface area contributed by atoms with Crippen LogP contribution in [0.1, 0.15) is 18.4 Å². The van der Waals surface area contributed by atoms with Gasteiger partial charge in [-0.1, -0.05) is 6.07 Å². The summed E-state index contributed by atoms with van der Waals surface area (Å²) in [4.78, 5) is 4.23. The van der Waals surface area contributed by atoms with E-state index in [4.69, 9.17) is 11.6 Å². The van der Waals surface area contributed by atoms with E-state index in [1.54, 1.807) is 0 Å².